The van der Waals surface area contributed by atoms with E-state index in [1.54, 1.807) is 14.2 Å². The zero-order valence-corrected chi connectivity index (χ0v) is 17.9. The summed E-state index contributed by atoms with van der Waals surface area (Å²) in [4.78, 5) is 24.2. The number of carbonyl (C=O) groups is 1. The van der Waals surface area contributed by atoms with Crippen molar-refractivity contribution in [1.29, 1.82) is 0 Å². The number of hydrogen-bond acceptors (Lipinski definition) is 6. The number of methoxy groups -OCH3 is 3. The van der Waals surface area contributed by atoms with Gasteiger partial charge >= 0.3 is 0 Å². The second kappa shape index (κ2) is 10.4. The lowest BCUT2D eigenvalue weighted by atomic mass is 10.1. The molecule has 0 aliphatic rings. The van der Waals surface area contributed by atoms with Crippen LogP contribution in [0.3, 0.4) is 0 Å². The van der Waals surface area contributed by atoms with Gasteiger partial charge in [0, 0.05) is 18.6 Å². The number of rotatable bonds is 10. The monoisotopic (exact) mass is 418 g/mol. The highest BCUT2D eigenvalue weighted by atomic mass is 16.6. The molecule has 2 N–H and O–H groups in total. The van der Waals surface area contributed by atoms with Crippen LogP contribution in [0.2, 0.25) is 0 Å². The first-order valence-corrected chi connectivity index (χ1v) is 9.47. The van der Waals surface area contributed by atoms with Crippen molar-refractivity contribution in [3.63, 3.8) is 0 Å². The third-order valence-corrected chi connectivity index (χ3v) is 5.04. The molecule has 0 aliphatic carbocycles. The van der Waals surface area contributed by atoms with Crippen LogP contribution in [0.4, 0.5) is 11.4 Å². The molecule has 0 radical (unpaired) electrons. The van der Waals surface area contributed by atoms with E-state index in [4.69, 9.17) is 14.2 Å². The molecule has 1 amide bonds. The van der Waals surface area contributed by atoms with Crippen molar-refractivity contribution in [2.24, 2.45) is 0 Å². The first kappa shape index (κ1) is 23.0. The molecule has 9 nitrogen and oxygen atoms in total. The number of quaternary nitrogens is 1. The summed E-state index contributed by atoms with van der Waals surface area (Å²) in [5, 5.41) is 13.8. The maximum Gasteiger partial charge on any atom is 0.282 e. The summed E-state index contributed by atoms with van der Waals surface area (Å²) in [5.74, 6) is 1.44. The van der Waals surface area contributed by atoms with Crippen molar-refractivity contribution in [3.8, 4) is 17.2 Å². The van der Waals surface area contributed by atoms with Gasteiger partial charge in [0.05, 0.1) is 45.5 Å². The fourth-order valence-corrected chi connectivity index (χ4v) is 2.97. The van der Waals surface area contributed by atoms with Gasteiger partial charge < -0.3 is 24.4 Å². The highest BCUT2D eigenvalue weighted by molar-refractivity contribution is 5.95. The smallest absolute Gasteiger partial charge is 0.282 e. The van der Waals surface area contributed by atoms with Crippen LogP contribution >= 0.6 is 0 Å². The number of likely N-dealkylation sites (N-methyl/N-ethyl adjacent to an activating group) is 1. The third-order valence-electron chi connectivity index (χ3n) is 5.04. The van der Waals surface area contributed by atoms with Gasteiger partial charge in [-0.3, -0.25) is 14.9 Å². The van der Waals surface area contributed by atoms with E-state index in [2.05, 4.69) is 5.32 Å². The van der Waals surface area contributed by atoms with Crippen LogP contribution in [0.5, 0.6) is 17.2 Å². The minimum atomic E-state index is -0.515. The normalized spacial score (nSPS) is 12.6. The van der Waals surface area contributed by atoms with Gasteiger partial charge in [-0.1, -0.05) is 6.07 Å². The van der Waals surface area contributed by atoms with E-state index in [1.807, 2.05) is 32.2 Å². The van der Waals surface area contributed by atoms with Gasteiger partial charge in [-0.15, -0.1) is 0 Å². The Morgan fingerprint density at radius 3 is 2.30 bits per heavy atom. The molecule has 0 saturated carbocycles. The third kappa shape index (κ3) is 5.60. The number of ether oxygens (including phenoxy) is 3. The number of nitro benzene ring substituents is 1. The van der Waals surface area contributed by atoms with Crippen molar-refractivity contribution >= 4 is 17.3 Å². The molecule has 2 aromatic carbocycles. The first-order valence-electron chi connectivity index (χ1n) is 9.47. The zero-order valence-electron chi connectivity index (χ0n) is 17.9. The van der Waals surface area contributed by atoms with Crippen molar-refractivity contribution in [2.45, 2.75) is 19.4 Å². The number of nitrogens with zero attached hydrogens (tertiary/aromatic N) is 1. The summed E-state index contributed by atoms with van der Waals surface area (Å²) in [6.45, 7) is 2.51. The average molecular weight is 418 g/mol. The Morgan fingerprint density at radius 1 is 1.07 bits per heavy atom. The van der Waals surface area contributed by atoms with Crippen LogP contribution in [-0.4, -0.2) is 51.8 Å². The predicted octanol–water partition coefficient (Wildman–Crippen LogP) is 1.70. The first-order chi connectivity index (χ1) is 14.3. The number of benzene rings is 2. The lowest BCUT2D eigenvalue weighted by Gasteiger charge is -2.21. The van der Waals surface area contributed by atoms with Crippen molar-refractivity contribution in [1.82, 2.24) is 0 Å². The zero-order chi connectivity index (χ0) is 22.3. The van der Waals surface area contributed by atoms with Crippen molar-refractivity contribution < 1.29 is 28.8 Å². The molecule has 0 bridgehead atoms. The Kier molecular flexibility index (Phi) is 7.99. The molecule has 0 heterocycles. The number of non-ortho nitro benzene ring substituents is 1. The van der Waals surface area contributed by atoms with E-state index in [-0.39, 0.29) is 23.3 Å². The van der Waals surface area contributed by atoms with Gasteiger partial charge in [0.25, 0.3) is 11.6 Å². The molecule has 0 aromatic heterocycles. The summed E-state index contributed by atoms with van der Waals surface area (Å²) in [7, 11) is 6.55. The molecule has 2 aromatic rings. The quantitative estimate of drug-likeness (QED) is 0.450. The molecule has 0 aliphatic heterocycles. The fourth-order valence-electron chi connectivity index (χ4n) is 2.97. The molecule has 0 spiro atoms. The minimum absolute atomic E-state index is 0.118. The maximum absolute atomic E-state index is 12.7. The highest BCUT2D eigenvalue weighted by Gasteiger charge is 2.24. The number of hydrogen-bond donors (Lipinski definition) is 2. The van der Waals surface area contributed by atoms with Gasteiger partial charge in [0.15, 0.2) is 17.5 Å². The summed E-state index contributed by atoms with van der Waals surface area (Å²) in [6, 6.07) is 9.45. The van der Waals surface area contributed by atoms with Crippen LogP contribution in [0.25, 0.3) is 0 Å². The molecule has 1 unspecified atom stereocenters. The Morgan fingerprint density at radius 2 is 1.70 bits per heavy atom. The van der Waals surface area contributed by atoms with Gasteiger partial charge in [-0.25, -0.2) is 0 Å². The molecular weight excluding hydrogens is 390 g/mol. The van der Waals surface area contributed by atoms with Crippen LogP contribution in [0.1, 0.15) is 12.5 Å². The van der Waals surface area contributed by atoms with E-state index in [0.29, 0.717) is 23.8 Å². The molecular formula is C21H28N3O6+. The average Bonchev–Trinajstić information content (AvgIpc) is 2.76. The van der Waals surface area contributed by atoms with Gasteiger partial charge in [-0.05, 0) is 30.7 Å². The van der Waals surface area contributed by atoms with Crippen molar-refractivity contribution in [2.75, 3.05) is 40.2 Å². The SMILES string of the molecule is COc1ccc([N+](=O)[O-])cc1NC(=O)[C@H](C)[NH+](C)CCc1ccc(OC)c(OC)c1. The number of nitro groups is 1. The largest absolute Gasteiger partial charge is 0.495 e. The Balaban J connectivity index is 2.02. The summed E-state index contributed by atoms with van der Waals surface area (Å²) < 4.78 is 15.8. The lowest BCUT2D eigenvalue weighted by molar-refractivity contribution is -0.893. The van der Waals surface area contributed by atoms with E-state index in [9.17, 15) is 14.9 Å². The second-order valence-corrected chi connectivity index (χ2v) is 6.89. The number of amides is 1. The van der Waals surface area contributed by atoms with E-state index in [1.165, 1.54) is 25.3 Å². The molecule has 0 saturated heterocycles. The number of nitrogens with one attached hydrogen (secondary N) is 2. The van der Waals surface area contributed by atoms with Crippen molar-refractivity contribution in [3.05, 3.63) is 52.1 Å². The molecule has 162 valence electrons. The standard InChI is InChI=1S/C21H27N3O6/c1-14(21(25)22-17-13-16(24(26)27)7-9-18(17)28-3)23(2)11-10-15-6-8-19(29-4)20(12-15)30-5/h6-9,12-14H,10-11H2,1-5H3,(H,22,25)/p+1/t14-/m0/s1. The molecule has 2 atom stereocenters. The van der Waals surface area contributed by atoms with Gasteiger partial charge in [0.1, 0.15) is 5.75 Å². The number of carbonyl (C=O) groups excluding carboxylic acids is 1. The predicted molar refractivity (Wildman–Crippen MR) is 113 cm³/mol. The fraction of sp³-hybridized carbons (Fsp3) is 0.381. The molecule has 30 heavy (non-hydrogen) atoms. The number of anilines is 1. The second-order valence-electron chi connectivity index (χ2n) is 6.89. The molecule has 9 heteroatoms. The van der Waals surface area contributed by atoms with E-state index >= 15 is 0 Å². The summed E-state index contributed by atoms with van der Waals surface area (Å²) >= 11 is 0. The molecule has 2 rings (SSSR count). The Labute approximate surface area is 175 Å². The van der Waals surface area contributed by atoms with E-state index < -0.39 is 4.92 Å². The van der Waals surface area contributed by atoms with Crippen LogP contribution < -0.4 is 24.4 Å². The molecule has 0 fully saturated rings. The van der Waals surface area contributed by atoms with Gasteiger partial charge in [0.2, 0.25) is 0 Å². The topological polar surface area (TPSA) is 104 Å². The summed E-state index contributed by atoms with van der Waals surface area (Å²) in [6.07, 6.45) is 0.740. The maximum atomic E-state index is 12.7. The van der Waals surface area contributed by atoms with Crippen LogP contribution in [0.15, 0.2) is 36.4 Å². The van der Waals surface area contributed by atoms with Crippen LogP contribution in [0, 0.1) is 10.1 Å². The lowest BCUT2D eigenvalue weighted by Crippen LogP contribution is -3.14. The minimum Gasteiger partial charge on any atom is -0.495 e. The van der Waals surface area contributed by atoms with Gasteiger partial charge in [-0.2, -0.15) is 0 Å². The van der Waals surface area contributed by atoms with Crippen LogP contribution in [-0.2, 0) is 11.2 Å². The highest BCUT2D eigenvalue weighted by Crippen LogP contribution is 2.29. The summed E-state index contributed by atoms with van der Waals surface area (Å²) in [5.41, 5.74) is 1.23. The Bertz CT molecular complexity index is 902. The Hall–Kier alpha value is -3.33. The van der Waals surface area contributed by atoms with E-state index in [0.717, 1.165) is 16.9 Å².